The molecule has 1 aliphatic carbocycles. The molecule has 1 aromatic heterocycles. The van der Waals surface area contributed by atoms with Gasteiger partial charge in [-0.15, -0.1) is 5.10 Å². The fraction of sp³-hybridized carbons (Fsp3) is 0.226. The summed E-state index contributed by atoms with van der Waals surface area (Å²) >= 11 is 0. The Kier molecular flexibility index (Phi) is 10.3. The zero-order valence-electron chi connectivity index (χ0n) is 23.7. The molecule has 0 spiro atoms. The van der Waals surface area contributed by atoms with Gasteiger partial charge in [-0.3, -0.25) is 19.2 Å². The smallest absolute Gasteiger partial charge is 0.320 e. The number of hydrogen-bond acceptors (Lipinski definition) is 9. The second kappa shape index (κ2) is 14.4. The molecule has 0 bridgehead atoms. The van der Waals surface area contributed by atoms with E-state index in [9.17, 15) is 19.2 Å². The summed E-state index contributed by atoms with van der Waals surface area (Å²) in [5, 5.41) is 22.1. The van der Waals surface area contributed by atoms with Gasteiger partial charge in [0.05, 0.1) is 0 Å². The highest BCUT2D eigenvalue weighted by Crippen LogP contribution is 2.37. The minimum atomic E-state index is -0.731. The zero-order chi connectivity index (χ0) is 31.6. The minimum absolute atomic E-state index is 0.000573. The first-order valence-corrected chi connectivity index (χ1v) is 13.9. The molecule has 0 aliphatic heterocycles. The number of benzene rings is 3. The van der Waals surface area contributed by atoms with Crippen molar-refractivity contribution >= 4 is 46.8 Å². The molecule has 0 saturated heterocycles. The van der Waals surface area contributed by atoms with Crippen molar-refractivity contribution in [1.82, 2.24) is 10.2 Å². The van der Waals surface area contributed by atoms with E-state index in [1.54, 1.807) is 42.5 Å². The molecular weight excluding hydrogens is 566 g/mol. The summed E-state index contributed by atoms with van der Waals surface area (Å²) in [7, 11) is 0. The Bertz CT molecular complexity index is 1630. The molecule has 1 saturated carbocycles. The van der Waals surface area contributed by atoms with Crippen LogP contribution in [0.25, 0.3) is 0 Å². The SMILES string of the molecule is NC(=O)c1cccc(N)c1.NC(=O)c1cccc(Nc2nnc(C(=O)Nc3ccc(C4CCC(CC(=O)O)CC4)cc3)o2)c1. The first kappa shape index (κ1) is 31.2. The molecule has 13 heteroatoms. The Morgan fingerprint density at radius 1 is 0.818 bits per heavy atom. The Balaban J connectivity index is 0.000000375. The van der Waals surface area contributed by atoms with E-state index >= 15 is 0 Å². The van der Waals surface area contributed by atoms with Crippen LogP contribution in [0.5, 0.6) is 0 Å². The summed E-state index contributed by atoms with van der Waals surface area (Å²) in [5.41, 5.74) is 19.2. The van der Waals surface area contributed by atoms with Crippen molar-refractivity contribution in [2.24, 2.45) is 17.4 Å². The lowest BCUT2D eigenvalue weighted by Crippen LogP contribution is -2.16. The molecule has 0 radical (unpaired) electrons. The Morgan fingerprint density at radius 2 is 1.45 bits per heavy atom. The van der Waals surface area contributed by atoms with Gasteiger partial charge < -0.3 is 37.4 Å². The van der Waals surface area contributed by atoms with Crippen molar-refractivity contribution in [3.05, 3.63) is 95.4 Å². The van der Waals surface area contributed by atoms with E-state index in [4.69, 9.17) is 26.7 Å². The van der Waals surface area contributed by atoms with Gasteiger partial charge in [0.2, 0.25) is 11.8 Å². The largest absolute Gasteiger partial charge is 0.481 e. The summed E-state index contributed by atoms with van der Waals surface area (Å²) < 4.78 is 5.37. The molecule has 1 aliphatic rings. The first-order chi connectivity index (χ1) is 21.1. The number of carbonyl (C=O) groups excluding carboxylic acids is 3. The van der Waals surface area contributed by atoms with E-state index in [1.807, 2.05) is 24.3 Å². The average Bonchev–Trinajstić information content (AvgIpc) is 3.47. The number of carboxylic acids is 1. The van der Waals surface area contributed by atoms with Crippen LogP contribution in [-0.4, -0.2) is 39.0 Å². The molecule has 5 rings (SSSR count). The fourth-order valence-electron chi connectivity index (χ4n) is 4.90. The highest BCUT2D eigenvalue weighted by molar-refractivity contribution is 6.01. The van der Waals surface area contributed by atoms with Crippen LogP contribution in [0, 0.1) is 5.92 Å². The third-order valence-corrected chi connectivity index (χ3v) is 7.14. The second-order valence-electron chi connectivity index (χ2n) is 10.4. The number of nitrogens with zero attached hydrogens (tertiary/aromatic N) is 2. The average molecular weight is 600 g/mol. The van der Waals surface area contributed by atoms with Crippen LogP contribution in [0.1, 0.15) is 75.0 Å². The van der Waals surface area contributed by atoms with Crippen molar-refractivity contribution < 1.29 is 28.7 Å². The van der Waals surface area contributed by atoms with Crippen LogP contribution in [0.2, 0.25) is 0 Å². The number of amides is 3. The molecule has 3 amide bonds. The number of rotatable bonds is 9. The molecule has 44 heavy (non-hydrogen) atoms. The lowest BCUT2D eigenvalue weighted by molar-refractivity contribution is -0.138. The molecule has 0 unspecified atom stereocenters. The summed E-state index contributed by atoms with van der Waals surface area (Å²) in [6, 6.07) is 20.6. The van der Waals surface area contributed by atoms with Crippen molar-refractivity contribution in [2.75, 3.05) is 16.4 Å². The number of nitrogens with two attached hydrogens (primary N) is 3. The number of carboxylic acid groups (broad SMARTS) is 1. The summed E-state index contributed by atoms with van der Waals surface area (Å²) in [5.74, 6) is -1.85. The number of nitrogens with one attached hydrogen (secondary N) is 2. The van der Waals surface area contributed by atoms with Gasteiger partial charge in [-0.2, -0.15) is 0 Å². The lowest BCUT2D eigenvalue weighted by atomic mass is 9.77. The Morgan fingerprint density at radius 3 is 2.05 bits per heavy atom. The first-order valence-electron chi connectivity index (χ1n) is 13.9. The van der Waals surface area contributed by atoms with Gasteiger partial charge in [-0.05, 0) is 91.6 Å². The van der Waals surface area contributed by atoms with Crippen molar-refractivity contribution in [3.8, 4) is 0 Å². The van der Waals surface area contributed by atoms with Crippen molar-refractivity contribution in [3.63, 3.8) is 0 Å². The van der Waals surface area contributed by atoms with Gasteiger partial charge in [-0.25, -0.2) is 0 Å². The van der Waals surface area contributed by atoms with Gasteiger partial charge in [-0.1, -0.05) is 29.4 Å². The Labute approximate surface area is 252 Å². The van der Waals surface area contributed by atoms with Crippen LogP contribution in [-0.2, 0) is 4.79 Å². The normalized spacial score (nSPS) is 15.7. The molecule has 1 fully saturated rings. The van der Waals surface area contributed by atoms with Crippen LogP contribution in [0.3, 0.4) is 0 Å². The molecule has 4 aromatic rings. The minimum Gasteiger partial charge on any atom is -0.481 e. The highest BCUT2D eigenvalue weighted by Gasteiger charge is 2.24. The summed E-state index contributed by atoms with van der Waals surface area (Å²) in [4.78, 5) is 45.2. The topological polar surface area (TPSA) is 230 Å². The van der Waals surface area contributed by atoms with Gasteiger partial charge in [0, 0.05) is 34.6 Å². The quantitative estimate of drug-likeness (QED) is 0.149. The number of nitrogen functional groups attached to an aromatic ring is 1. The number of primary amides is 2. The fourth-order valence-corrected chi connectivity index (χ4v) is 4.90. The number of aliphatic carboxylic acids is 1. The van der Waals surface area contributed by atoms with Gasteiger partial charge in [0.1, 0.15) is 0 Å². The standard InChI is InChI=1S/C24H25N5O5.C7H8N2O/c25-21(32)17-2-1-3-19(13-17)27-24-29-28-23(34-24)22(33)26-18-10-8-16(9-11-18)15-6-4-14(5-7-15)12-20(30)31;8-6-3-1-2-5(4-6)7(9)10/h1-3,8-11,13-15H,4-7,12H2,(H2,25,32)(H,26,33)(H,27,29)(H,30,31);1-4H,8H2,(H2,9,10). The molecule has 1 heterocycles. The molecule has 13 nitrogen and oxygen atoms in total. The van der Waals surface area contributed by atoms with Crippen LogP contribution < -0.4 is 27.8 Å². The summed E-state index contributed by atoms with van der Waals surface area (Å²) in [6.45, 7) is 0. The molecular formula is C31H33N7O6. The number of aromatic nitrogens is 2. The van der Waals surface area contributed by atoms with E-state index < -0.39 is 23.7 Å². The van der Waals surface area contributed by atoms with Gasteiger partial charge in [0.15, 0.2) is 0 Å². The third-order valence-electron chi connectivity index (χ3n) is 7.14. The maximum atomic E-state index is 12.5. The molecule has 9 N–H and O–H groups in total. The van der Waals surface area contributed by atoms with Gasteiger partial charge in [0.25, 0.3) is 0 Å². The summed E-state index contributed by atoms with van der Waals surface area (Å²) in [6.07, 6.45) is 3.99. The zero-order valence-corrected chi connectivity index (χ0v) is 23.7. The van der Waals surface area contributed by atoms with Crippen molar-refractivity contribution in [1.29, 1.82) is 0 Å². The maximum Gasteiger partial charge on any atom is 0.320 e. The van der Waals surface area contributed by atoms with E-state index in [0.29, 0.717) is 34.1 Å². The predicted molar refractivity (Wildman–Crippen MR) is 163 cm³/mol. The second-order valence-corrected chi connectivity index (χ2v) is 10.4. The monoisotopic (exact) mass is 599 g/mol. The number of carbonyl (C=O) groups is 4. The van der Waals surface area contributed by atoms with Crippen LogP contribution >= 0.6 is 0 Å². The number of hydrogen-bond donors (Lipinski definition) is 6. The number of anilines is 4. The van der Waals surface area contributed by atoms with Crippen LogP contribution in [0.4, 0.5) is 23.1 Å². The van der Waals surface area contributed by atoms with Crippen molar-refractivity contribution in [2.45, 2.75) is 38.0 Å². The maximum absolute atomic E-state index is 12.5. The van der Waals surface area contributed by atoms with Crippen LogP contribution in [0.15, 0.2) is 77.2 Å². The van der Waals surface area contributed by atoms with E-state index in [-0.39, 0.29) is 24.2 Å². The van der Waals surface area contributed by atoms with E-state index in [0.717, 1.165) is 25.7 Å². The van der Waals surface area contributed by atoms with Gasteiger partial charge >= 0.3 is 23.8 Å². The molecule has 0 atom stereocenters. The highest BCUT2D eigenvalue weighted by atomic mass is 16.4. The lowest BCUT2D eigenvalue weighted by Gasteiger charge is -2.28. The predicted octanol–water partition coefficient (Wildman–Crippen LogP) is 4.28. The third kappa shape index (κ3) is 8.89. The molecule has 3 aromatic carbocycles. The van der Waals surface area contributed by atoms with E-state index in [1.165, 1.54) is 11.6 Å². The molecule has 228 valence electrons. The van der Waals surface area contributed by atoms with E-state index in [2.05, 4.69) is 20.8 Å². The Hall–Kier alpha value is -5.72.